The summed E-state index contributed by atoms with van der Waals surface area (Å²) in [6, 6.07) is 13.5. The fourth-order valence-corrected chi connectivity index (χ4v) is 3.54. The standard InChI is InChI=1S/C22H22N4O3/c1-3-4-10-26-17-12-18-15(13(2)19(20(23)27)21(28)29-18)11-16(17)25-22(26)24-14-8-6-5-7-9-14/h5-9,11-12H,3-4,10H2,1-2H3,(H2,23,27)(H,24,25). The number of imidazole rings is 1. The number of aryl methyl sites for hydroxylation is 2. The van der Waals surface area contributed by atoms with Crippen molar-refractivity contribution in [3.05, 3.63) is 64.0 Å². The van der Waals surface area contributed by atoms with Crippen LogP contribution in [0.15, 0.2) is 51.7 Å². The van der Waals surface area contributed by atoms with Gasteiger partial charge in [-0.2, -0.15) is 0 Å². The van der Waals surface area contributed by atoms with Crippen LogP contribution in [-0.2, 0) is 6.54 Å². The van der Waals surface area contributed by atoms with Crippen LogP contribution in [0.5, 0.6) is 0 Å². The average Bonchev–Trinajstić information content (AvgIpc) is 3.01. The maximum Gasteiger partial charge on any atom is 0.349 e. The zero-order chi connectivity index (χ0) is 20.5. The number of aromatic nitrogens is 2. The number of primary amides is 1. The molecule has 4 rings (SSSR count). The van der Waals surface area contributed by atoms with Crippen molar-refractivity contribution in [3.8, 4) is 0 Å². The van der Waals surface area contributed by atoms with E-state index in [0.29, 0.717) is 22.5 Å². The molecule has 1 amide bonds. The number of fused-ring (bicyclic) bond motifs is 2. The molecule has 4 aromatic rings. The van der Waals surface area contributed by atoms with Crippen LogP contribution in [0.4, 0.5) is 11.6 Å². The first-order chi connectivity index (χ1) is 14.0. The van der Waals surface area contributed by atoms with Crippen LogP contribution in [0.1, 0.15) is 35.7 Å². The number of nitrogens with two attached hydrogens (primary N) is 1. The van der Waals surface area contributed by atoms with Crippen LogP contribution in [-0.4, -0.2) is 15.5 Å². The van der Waals surface area contributed by atoms with E-state index in [0.717, 1.165) is 36.1 Å². The van der Waals surface area contributed by atoms with Crippen molar-refractivity contribution in [3.63, 3.8) is 0 Å². The number of anilines is 2. The minimum absolute atomic E-state index is 0.120. The summed E-state index contributed by atoms with van der Waals surface area (Å²) >= 11 is 0. The number of para-hydroxylation sites is 1. The second kappa shape index (κ2) is 7.43. The Hall–Kier alpha value is -3.61. The molecule has 7 heteroatoms. The topological polar surface area (TPSA) is 103 Å². The average molecular weight is 390 g/mol. The minimum Gasteiger partial charge on any atom is -0.422 e. The molecule has 0 fully saturated rings. The fourth-order valence-electron chi connectivity index (χ4n) is 3.54. The third kappa shape index (κ3) is 3.35. The van der Waals surface area contributed by atoms with Gasteiger partial charge in [0.15, 0.2) is 0 Å². The first kappa shape index (κ1) is 18.7. The van der Waals surface area contributed by atoms with E-state index in [1.54, 1.807) is 6.92 Å². The quantitative estimate of drug-likeness (QED) is 0.483. The van der Waals surface area contributed by atoms with Gasteiger partial charge in [-0.3, -0.25) is 4.79 Å². The molecular formula is C22H22N4O3. The smallest absolute Gasteiger partial charge is 0.349 e. The molecule has 0 bridgehead atoms. The van der Waals surface area contributed by atoms with Gasteiger partial charge in [-0.25, -0.2) is 9.78 Å². The van der Waals surface area contributed by atoms with Crippen LogP contribution >= 0.6 is 0 Å². The second-order valence-corrected chi connectivity index (χ2v) is 7.02. The monoisotopic (exact) mass is 390 g/mol. The number of nitrogens with zero attached hydrogens (tertiary/aromatic N) is 2. The van der Waals surface area contributed by atoms with Crippen LogP contribution < -0.4 is 16.7 Å². The molecule has 0 aliphatic carbocycles. The van der Waals surface area contributed by atoms with Gasteiger partial charge in [0.25, 0.3) is 5.91 Å². The SMILES string of the molecule is CCCCn1c(Nc2ccccc2)nc2cc3c(C)c(C(N)=O)c(=O)oc3cc21. The Kier molecular flexibility index (Phi) is 4.80. The summed E-state index contributed by atoms with van der Waals surface area (Å²) in [6.45, 7) is 4.60. The predicted molar refractivity (Wildman–Crippen MR) is 114 cm³/mol. The van der Waals surface area contributed by atoms with Crippen LogP contribution in [0.25, 0.3) is 22.0 Å². The third-order valence-corrected chi connectivity index (χ3v) is 5.05. The van der Waals surface area contributed by atoms with Crippen LogP contribution in [0, 0.1) is 6.92 Å². The van der Waals surface area contributed by atoms with Gasteiger partial charge in [0.2, 0.25) is 5.95 Å². The molecule has 2 aromatic carbocycles. The van der Waals surface area contributed by atoms with Gasteiger partial charge >= 0.3 is 5.63 Å². The zero-order valence-corrected chi connectivity index (χ0v) is 16.4. The molecule has 7 nitrogen and oxygen atoms in total. The molecule has 0 unspecified atom stereocenters. The van der Waals surface area contributed by atoms with E-state index in [2.05, 4.69) is 16.8 Å². The first-order valence-corrected chi connectivity index (χ1v) is 9.59. The normalized spacial score (nSPS) is 11.2. The fraction of sp³-hybridized carbons (Fsp3) is 0.227. The number of hydrogen-bond donors (Lipinski definition) is 2. The molecule has 3 N–H and O–H groups in total. The van der Waals surface area contributed by atoms with Crippen LogP contribution in [0.3, 0.4) is 0 Å². The van der Waals surface area contributed by atoms with E-state index in [-0.39, 0.29) is 5.56 Å². The summed E-state index contributed by atoms with van der Waals surface area (Å²) in [5.41, 5.74) is 7.98. The third-order valence-electron chi connectivity index (χ3n) is 5.05. The highest BCUT2D eigenvalue weighted by atomic mass is 16.4. The molecule has 0 atom stereocenters. The molecule has 0 saturated heterocycles. The van der Waals surface area contributed by atoms with E-state index in [1.165, 1.54) is 0 Å². The van der Waals surface area contributed by atoms with Crippen molar-refractivity contribution in [2.24, 2.45) is 5.73 Å². The van der Waals surface area contributed by atoms with Crippen molar-refractivity contribution >= 4 is 39.5 Å². The molecule has 148 valence electrons. The highest BCUT2D eigenvalue weighted by molar-refractivity contribution is 6.01. The molecule has 0 radical (unpaired) electrons. The summed E-state index contributed by atoms with van der Waals surface area (Å²) in [5.74, 6) is -0.0803. The number of nitrogens with one attached hydrogen (secondary N) is 1. The second-order valence-electron chi connectivity index (χ2n) is 7.02. The van der Waals surface area contributed by atoms with Crippen LogP contribution in [0.2, 0.25) is 0 Å². The minimum atomic E-state index is -0.793. The molecule has 2 aromatic heterocycles. The van der Waals surface area contributed by atoms with E-state index in [9.17, 15) is 9.59 Å². The van der Waals surface area contributed by atoms with Crippen molar-refractivity contribution in [2.75, 3.05) is 5.32 Å². The van der Waals surface area contributed by atoms with Gasteiger partial charge in [0, 0.05) is 23.7 Å². The van der Waals surface area contributed by atoms with Crippen molar-refractivity contribution in [1.82, 2.24) is 9.55 Å². The lowest BCUT2D eigenvalue weighted by atomic mass is 10.1. The van der Waals surface area contributed by atoms with E-state index >= 15 is 0 Å². The van der Waals surface area contributed by atoms with Gasteiger partial charge in [0.1, 0.15) is 11.1 Å². The van der Waals surface area contributed by atoms with E-state index in [1.807, 2.05) is 42.5 Å². The Morgan fingerprint density at radius 3 is 2.69 bits per heavy atom. The highest BCUT2D eigenvalue weighted by Crippen LogP contribution is 2.29. The number of unbranched alkanes of at least 4 members (excludes halogenated alkanes) is 1. The summed E-state index contributed by atoms with van der Waals surface area (Å²) in [4.78, 5) is 28.7. The molecule has 2 heterocycles. The number of hydrogen-bond acceptors (Lipinski definition) is 5. The molecular weight excluding hydrogens is 368 g/mol. The number of rotatable bonds is 6. The van der Waals surface area contributed by atoms with Crippen molar-refractivity contribution in [1.29, 1.82) is 0 Å². The van der Waals surface area contributed by atoms with Crippen molar-refractivity contribution in [2.45, 2.75) is 33.2 Å². The number of carbonyl (C=O) groups excluding carboxylic acids is 1. The Balaban J connectivity index is 1.94. The molecule has 0 aliphatic heterocycles. The lowest BCUT2D eigenvalue weighted by Crippen LogP contribution is -2.22. The Bertz CT molecular complexity index is 1270. The predicted octanol–water partition coefficient (Wildman–Crippen LogP) is 4.09. The van der Waals surface area contributed by atoms with Crippen molar-refractivity contribution < 1.29 is 9.21 Å². The lowest BCUT2D eigenvalue weighted by Gasteiger charge is -2.10. The Morgan fingerprint density at radius 2 is 2.00 bits per heavy atom. The molecule has 0 saturated carbocycles. The summed E-state index contributed by atoms with van der Waals surface area (Å²) in [7, 11) is 0. The summed E-state index contributed by atoms with van der Waals surface area (Å²) in [6.07, 6.45) is 2.02. The Morgan fingerprint density at radius 1 is 1.24 bits per heavy atom. The largest absolute Gasteiger partial charge is 0.422 e. The van der Waals surface area contributed by atoms with Gasteiger partial charge in [-0.05, 0) is 37.1 Å². The maximum atomic E-state index is 12.2. The van der Waals surface area contributed by atoms with Gasteiger partial charge in [-0.1, -0.05) is 31.5 Å². The number of amides is 1. The summed E-state index contributed by atoms with van der Waals surface area (Å²) in [5, 5.41) is 4.02. The molecule has 0 spiro atoms. The highest BCUT2D eigenvalue weighted by Gasteiger charge is 2.19. The molecule has 0 aliphatic rings. The summed E-state index contributed by atoms with van der Waals surface area (Å²) < 4.78 is 7.50. The maximum absolute atomic E-state index is 12.2. The molecule has 29 heavy (non-hydrogen) atoms. The first-order valence-electron chi connectivity index (χ1n) is 9.59. The van der Waals surface area contributed by atoms with Gasteiger partial charge in [-0.15, -0.1) is 0 Å². The Labute approximate surface area is 167 Å². The van der Waals surface area contributed by atoms with Gasteiger partial charge in [0.05, 0.1) is 11.0 Å². The van der Waals surface area contributed by atoms with Gasteiger partial charge < -0.3 is 20.0 Å². The van der Waals surface area contributed by atoms with E-state index < -0.39 is 11.5 Å². The van der Waals surface area contributed by atoms with E-state index in [4.69, 9.17) is 15.1 Å². The number of benzene rings is 2. The lowest BCUT2D eigenvalue weighted by molar-refractivity contribution is 0.0996. The zero-order valence-electron chi connectivity index (χ0n) is 16.4. The number of carbonyl (C=O) groups is 1.